The number of nitrogens with zero attached hydrogens (tertiary/aromatic N) is 6. The van der Waals surface area contributed by atoms with Gasteiger partial charge in [0, 0.05) is 61.5 Å². The van der Waals surface area contributed by atoms with E-state index in [1.807, 2.05) is 84.9 Å². The molecule has 4 aromatic carbocycles. The predicted octanol–water partition coefficient (Wildman–Crippen LogP) is 8.91. The zero-order chi connectivity index (χ0) is 81.9. The van der Waals surface area contributed by atoms with Crippen molar-refractivity contribution in [3.63, 3.8) is 0 Å². The lowest BCUT2D eigenvalue weighted by molar-refractivity contribution is -0.167. The molecule has 0 bridgehead atoms. The number of aliphatic imine (C=N–C) groups is 6. The number of Topliss-reactive ketones (excluding diaryl/α,β-unsaturated/α-hetero) is 3. The van der Waals surface area contributed by atoms with Crippen molar-refractivity contribution >= 4 is 105 Å². The SMILES string of the molecule is C.CC(=O)CC(=O)OCC(COC(=O)CC(C)=O)OC(=O)CC(C)=O.CCc1cccc(CN=C(C)CC(=O)OCC(COC(=O)CC(C)=NC)OC(=O)CC(C)=NCc2cccc(CN=C(C)CC(=O)OC(COC(=O)CC(C)=NC)COC(=O)CC(C)=NCc3cccc(CC)c3)c2)c1.NCc1cccc(CN)c1.O. The number of hydrogen-bond donors (Lipinski definition) is 2. The Labute approximate surface area is 656 Å². The van der Waals surface area contributed by atoms with Gasteiger partial charge >= 0.3 is 53.7 Å². The fraction of sp³-hybridized carbons (Fsp3) is 0.488. The average molecular weight is 1560 g/mol. The number of ketones is 3. The van der Waals surface area contributed by atoms with Crippen molar-refractivity contribution < 1.29 is 106 Å². The first-order valence-corrected chi connectivity index (χ1v) is 35.9. The third kappa shape index (κ3) is 49.2. The van der Waals surface area contributed by atoms with Crippen molar-refractivity contribution in [2.24, 2.45) is 41.4 Å². The lowest BCUT2D eigenvalue weighted by Crippen LogP contribution is -2.31. The highest BCUT2D eigenvalue weighted by Gasteiger charge is 2.25. The van der Waals surface area contributed by atoms with Gasteiger partial charge in [0.25, 0.3) is 0 Å². The van der Waals surface area contributed by atoms with Crippen LogP contribution in [0.15, 0.2) is 127 Å². The van der Waals surface area contributed by atoms with Crippen LogP contribution in [0.3, 0.4) is 0 Å². The molecule has 30 nitrogen and oxygen atoms in total. The van der Waals surface area contributed by atoms with E-state index in [4.69, 9.17) is 54.1 Å². The minimum Gasteiger partial charge on any atom is -0.461 e. The molecule has 0 aliphatic carbocycles. The lowest BCUT2D eigenvalue weighted by Gasteiger charge is -2.18. The summed E-state index contributed by atoms with van der Waals surface area (Å²) in [5, 5.41) is 0. The van der Waals surface area contributed by atoms with E-state index in [1.165, 1.54) is 31.9 Å². The fourth-order valence-electron chi connectivity index (χ4n) is 9.21. The molecule has 4 aromatic rings. The molecular formula is C82H114N8O22. The van der Waals surface area contributed by atoms with Crippen molar-refractivity contribution in [1.29, 1.82) is 0 Å². The van der Waals surface area contributed by atoms with Crippen LogP contribution < -0.4 is 11.5 Å². The molecular weight excluding hydrogens is 1450 g/mol. The Hall–Kier alpha value is -11.0. The highest BCUT2D eigenvalue weighted by atomic mass is 16.6. The van der Waals surface area contributed by atoms with Crippen molar-refractivity contribution in [2.45, 2.75) is 212 Å². The Morgan fingerprint density at radius 2 is 0.500 bits per heavy atom. The van der Waals surface area contributed by atoms with E-state index < -0.39 is 122 Å². The normalized spacial score (nSPS) is 12.1. The molecule has 0 fully saturated rings. The summed E-state index contributed by atoms with van der Waals surface area (Å²) >= 11 is 0. The summed E-state index contributed by atoms with van der Waals surface area (Å²) in [6, 6.07) is 31.7. The Bertz CT molecular complexity index is 3690. The smallest absolute Gasteiger partial charge is 0.313 e. The highest BCUT2D eigenvalue weighted by Crippen LogP contribution is 2.14. The zero-order valence-corrected chi connectivity index (χ0v) is 66.1. The van der Waals surface area contributed by atoms with E-state index in [0.29, 0.717) is 60.4 Å². The molecule has 0 saturated heterocycles. The number of nitrogens with two attached hydrogens (primary N) is 2. The second-order valence-electron chi connectivity index (χ2n) is 25.6. The van der Waals surface area contributed by atoms with Crippen molar-refractivity contribution in [3.05, 3.63) is 142 Å². The summed E-state index contributed by atoms with van der Waals surface area (Å²) in [7, 11) is 3.13. The number of aryl methyl sites for hydroxylation is 2. The quantitative estimate of drug-likeness (QED) is 0.0180. The zero-order valence-electron chi connectivity index (χ0n) is 66.1. The Morgan fingerprint density at radius 1 is 0.304 bits per heavy atom. The minimum absolute atomic E-state index is 0. The van der Waals surface area contributed by atoms with Crippen LogP contribution in [0.4, 0.5) is 0 Å². The first kappa shape index (κ1) is 101. The summed E-state index contributed by atoms with van der Waals surface area (Å²) in [4.78, 5) is 169. The topological polar surface area (TPSA) is 446 Å². The molecule has 4 rings (SSSR count). The van der Waals surface area contributed by atoms with E-state index in [9.17, 15) is 57.5 Å². The Kier molecular flexibility index (Phi) is 52.3. The van der Waals surface area contributed by atoms with Crippen LogP contribution in [0.1, 0.15) is 186 Å². The average Bonchev–Trinajstić information content (AvgIpc) is 0.897. The van der Waals surface area contributed by atoms with Gasteiger partial charge in [-0.1, -0.05) is 118 Å². The minimum atomic E-state index is -1.15. The van der Waals surface area contributed by atoms with Crippen LogP contribution in [-0.4, -0.2) is 183 Å². The number of carbonyl (C=O) groups excluding carboxylic acids is 12. The molecule has 0 aliphatic rings. The van der Waals surface area contributed by atoms with E-state index in [0.717, 1.165) is 46.2 Å². The molecule has 0 aromatic heterocycles. The van der Waals surface area contributed by atoms with Gasteiger partial charge in [-0.05, 0) is 120 Å². The monoisotopic (exact) mass is 1560 g/mol. The van der Waals surface area contributed by atoms with Crippen LogP contribution >= 0.6 is 0 Å². The van der Waals surface area contributed by atoms with Gasteiger partial charge in [0.1, 0.15) is 76.3 Å². The Morgan fingerprint density at radius 3 is 0.741 bits per heavy atom. The van der Waals surface area contributed by atoms with Gasteiger partial charge in [0.05, 0.1) is 64.7 Å². The maximum atomic E-state index is 13.1. The summed E-state index contributed by atoms with van der Waals surface area (Å²) in [5.74, 6) is -7.37. The molecule has 2 atom stereocenters. The number of ether oxygens (including phenoxy) is 9. The summed E-state index contributed by atoms with van der Waals surface area (Å²) in [5.41, 5.74) is 22.5. The van der Waals surface area contributed by atoms with Crippen molar-refractivity contribution in [2.75, 3.05) is 53.7 Å². The van der Waals surface area contributed by atoms with Crippen LogP contribution in [0, 0.1) is 0 Å². The van der Waals surface area contributed by atoms with Crippen LogP contribution in [0.5, 0.6) is 0 Å². The highest BCUT2D eigenvalue weighted by molar-refractivity contribution is 6.01. The van der Waals surface area contributed by atoms with Gasteiger partial charge in [-0.3, -0.25) is 87.5 Å². The van der Waals surface area contributed by atoms with Crippen LogP contribution in [0.25, 0.3) is 0 Å². The lowest BCUT2D eigenvalue weighted by atomic mass is 10.1. The summed E-state index contributed by atoms with van der Waals surface area (Å²) in [6.45, 7) is 18.2. The number of esters is 9. The predicted molar refractivity (Wildman–Crippen MR) is 425 cm³/mol. The number of benzene rings is 4. The molecule has 0 radical (unpaired) electrons. The molecule has 0 saturated carbocycles. The standard InChI is InChI=1S/C58H76N6O12.C15H20O9.C8H12N2.CH4.H2O/c1-11-45-16-13-18-47(28-45)31-61-41(5)24-55(67)73-37-51(35-71-53(65)22-39(3)59-9)75-57(69)26-43(7)63-33-49-20-15-21-50(30-49)34-64-44(8)27-58(70)76-52(36-72-54(66)23-40(4)60-10)38-74-56(68)25-42(6)62-32-48-19-14-17-46(12-2)29-48;1-9(16)4-13(19)22-7-12(24-15(21)6-11(3)18)8-23-14(20)5-10(2)17;9-5-7-2-1-3-8(4-7)6-10;;/h13-21,28-30,51-52H,11-12,22-27,31-38H2,1-10H3;12H,4-8H2,1-3H3;1-4H,5-6,9-10H2;1H4;1H2. The van der Waals surface area contributed by atoms with Gasteiger partial charge in [0.15, 0.2) is 18.3 Å². The first-order chi connectivity index (χ1) is 52.3. The molecule has 2 unspecified atom stereocenters. The fourth-order valence-corrected chi connectivity index (χ4v) is 9.21. The van der Waals surface area contributed by atoms with Crippen molar-refractivity contribution in [3.8, 4) is 0 Å². The maximum absolute atomic E-state index is 13.1. The largest absolute Gasteiger partial charge is 0.461 e. The van der Waals surface area contributed by atoms with Gasteiger partial charge in [-0.25, -0.2) is 0 Å². The second-order valence-corrected chi connectivity index (χ2v) is 25.6. The molecule has 0 heterocycles. The van der Waals surface area contributed by atoms with Gasteiger partial charge < -0.3 is 59.6 Å². The molecule has 30 heteroatoms. The van der Waals surface area contributed by atoms with Gasteiger partial charge in [0.2, 0.25) is 0 Å². The van der Waals surface area contributed by atoms with E-state index in [2.05, 4.69) is 55.9 Å². The van der Waals surface area contributed by atoms with Crippen LogP contribution in [-0.2, 0) is 152 Å². The van der Waals surface area contributed by atoms with E-state index in [-0.39, 0.29) is 90.9 Å². The summed E-state index contributed by atoms with van der Waals surface area (Å²) < 4.78 is 47.3. The maximum Gasteiger partial charge on any atom is 0.313 e. The molecule has 0 amide bonds. The summed E-state index contributed by atoms with van der Waals surface area (Å²) in [6.07, 6.45) is -3.45. The molecule has 614 valence electrons. The number of carbonyl (C=O) groups is 12. The Balaban J connectivity index is 0.00000280. The number of hydrogen-bond acceptors (Lipinski definition) is 29. The molecule has 0 spiro atoms. The van der Waals surface area contributed by atoms with Gasteiger partial charge in [-0.2, -0.15) is 0 Å². The molecule has 0 aliphatic heterocycles. The van der Waals surface area contributed by atoms with E-state index in [1.54, 1.807) is 55.6 Å². The third-order valence-electron chi connectivity index (χ3n) is 15.2. The molecule has 6 N–H and O–H groups in total. The van der Waals surface area contributed by atoms with E-state index >= 15 is 0 Å². The van der Waals surface area contributed by atoms with Gasteiger partial charge in [-0.15, -0.1) is 0 Å². The molecule has 112 heavy (non-hydrogen) atoms. The third-order valence-corrected chi connectivity index (χ3v) is 15.2. The number of rotatable bonds is 45. The first-order valence-electron chi connectivity index (χ1n) is 35.9. The van der Waals surface area contributed by atoms with Crippen molar-refractivity contribution in [1.82, 2.24) is 0 Å². The second kappa shape index (κ2) is 58.0. The van der Waals surface area contributed by atoms with Crippen LogP contribution in [0.2, 0.25) is 0 Å².